The lowest BCUT2D eigenvalue weighted by atomic mass is 9.76. The van der Waals surface area contributed by atoms with Crippen LogP contribution in [0.3, 0.4) is 0 Å². The van der Waals surface area contributed by atoms with Crippen molar-refractivity contribution in [1.29, 1.82) is 0 Å². The molecule has 0 spiro atoms. The summed E-state index contributed by atoms with van der Waals surface area (Å²) in [6.07, 6.45) is 3.37. The Hall–Kier alpha value is -1.10. The van der Waals surface area contributed by atoms with E-state index in [4.69, 9.17) is 11.5 Å². The Morgan fingerprint density at radius 2 is 2.00 bits per heavy atom. The van der Waals surface area contributed by atoms with E-state index in [1.807, 2.05) is 0 Å². The Kier molecular flexibility index (Phi) is 3.81. The van der Waals surface area contributed by atoms with Crippen molar-refractivity contribution >= 4 is 11.8 Å². The van der Waals surface area contributed by atoms with E-state index in [1.165, 1.54) is 0 Å². The average molecular weight is 241 g/mol. The third-order valence-electron chi connectivity index (χ3n) is 3.53. The van der Waals surface area contributed by atoms with Crippen molar-refractivity contribution in [2.45, 2.75) is 57.5 Å². The van der Waals surface area contributed by atoms with E-state index < -0.39 is 17.0 Å². The first-order valence-electron chi connectivity index (χ1n) is 6.09. The highest BCUT2D eigenvalue weighted by Gasteiger charge is 2.41. The summed E-state index contributed by atoms with van der Waals surface area (Å²) in [5.41, 5.74) is 9.45. The topological polar surface area (TPSA) is 98.2 Å². The molecule has 1 fully saturated rings. The van der Waals surface area contributed by atoms with Crippen molar-refractivity contribution in [3.8, 4) is 0 Å². The Bertz CT molecular complexity index is 328. The highest BCUT2D eigenvalue weighted by atomic mass is 16.2. The van der Waals surface area contributed by atoms with Crippen LogP contribution in [0.5, 0.6) is 0 Å². The van der Waals surface area contributed by atoms with Crippen LogP contribution in [0.15, 0.2) is 0 Å². The zero-order valence-corrected chi connectivity index (χ0v) is 10.9. The summed E-state index contributed by atoms with van der Waals surface area (Å²) in [5.74, 6) is -0.387. The molecule has 1 aliphatic rings. The molecule has 5 N–H and O–H groups in total. The van der Waals surface area contributed by atoms with E-state index in [9.17, 15) is 9.59 Å². The van der Waals surface area contributed by atoms with Gasteiger partial charge in [-0.05, 0) is 32.6 Å². The number of hydrogen-bond acceptors (Lipinski definition) is 3. The number of nitrogens with one attached hydrogen (secondary N) is 1. The van der Waals surface area contributed by atoms with Gasteiger partial charge in [0.05, 0.1) is 5.54 Å². The largest absolute Gasteiger partial charge is 0.368 e. The number of nitrogens with two attached hydrogens (primary N) is 2. The summed E-state index contributed by atoms with van der Waals surface area (Å²) in [6.45, 7) is 5.26. The van der Waals surface area contributed by atoms with E-state index in [2.05, 4.69) is 12.2 Å². The maximum absolute atomic E-state index is 12.1. The molecule has 1 saturated carbocycles. The first-order valence-corrected chi connectivity index (χ1v) is 6.09. The van der Waals surface area contributed by atoms with Crippen molar-refractivity contribution in [3.05, 3.63) is 0 Å². The predicted molar refractivity (Wildman–Crippen MR) is 66.0 cm³/mol. The van der Waals surface area contributed by atoms with Gasteiger partial charge >= 0.3 is 0 Å². The van der Waals surface area contributed by atoms with E-state index in [1.54, 1.807) is 13.8 Å². The Balaban J connectivity index is 2.72. The van der Waals surface area contributed by atoms with Crippen molar-refractivity contribution in [1.82, 2.24) is 5.32 Å². The summed E-state index contributed by atoms with van der Waals surface area (Å²) in [4.78, 5) is 23.3. The second kappa shape index (κ2) is 4.64. The van der Waals surface area contributed by atoms with Crippen LogP contribution in [0.4, 0.5) is 0 Å². The lowest BCUT2D eigenvalue weighted by Gasteiger charge is -2.37. The molecule has 0 aliphatic heterocycles. The summed E-state index contributed by atoms with van der Waals surface area (Å²) < 4.78 is 0. The SMILES string of the molecule is CC1CCCC(N)(C(=O)NC(C)(C)C(N)=O)C1. The van der Waals surface area contributed by atoms with E-state index >= 15 is 0 Å². The van der Waals surface area contributed by atoms with Gasteiger partial charge in [0.25, 0.3) is 0 Å². The number of rotatable bonds is 3. The average Bonchev–Trinajstić information content (AvgIpc) is 2.16. The van der Waals surface area contributed by atoms with Gasteiger partial charge in [0.2, 0.25) is 11.8 Å². The molecule has 0 saturated heterocycles. The van der Waals surface area contributed by atoms with Crippen LogP contribution >= 0.6 is 0 Å². The minimum atomic E-state index is -1.05. The van der Waals surface area contributed by atoms with Crippen molar-refractivity contribution < 1.29 is 9.59 Å². The highest BCUT2D eigenvalue weighted by Crippen LogP contribution is 2.30. The molecule has 0 aromatic carbocycles. The quantitative estimate of drug-likeness (QED) is 0.661. The monoisotopic (exact) mass is 241 g/mol. The van der Waals surface area contributed by atoms with Crippen LogP contribution in [-0.4, -0.2) is 22.9 Å². The normalized spacial score (nSPS) is 29.8. The van der Waals surface area contributed by atoms with Gasteiger partial charge < -0.3 is 16.8 Å². The number of carbonyl (C=O) groups is 2. The molecular formula is C12H23N3O2. The van der Waals surface area contributed by atoms with Gasteiger partial charge in [-0.3, -0.25) is 9.59 Å². The number of primary amides is 1. The Morgan fingerprint density at radius 1 is 1.41 bits per heavy atom. The molecule has 17 heavy (non-hydrogen) atoms. The first-order chi connectivity index (χ1) is 7.67. The van der Waals surface area contributed by atoms with Crippen molar-refractivity contribution in [3.63, 3.8) is 0 Å². The molecule has 0 aromatic heterocycles. The van der Waals surface area contributed by atoms with Gasteiger partial charge in [0.15, 0.2) is 0 Å². The molecule has 0 heterocycles. The smallest absolute Gasteiger partial charge is 0.242 e. The molecule has 0 radical (unpaired) electrons. The number of amides is 2. The summed E-state index contributed by atoms with van der Waals surface area (Å²) >= 11 is 0. The fourth-order valence-corrected chi connectivity index (χ4v) is 2.27. The molecule has 1 aliphatic carbocycles. The molecule has 0 bridgehead atoms. The van der Waals surface area contributed by atoms with Gasteiger partial charge in [-0.25, -0.2) is 0 Å². The zero-order chi connectivity index (χ0) is 13.3. The number of carbonyl (C=O) groups excluding carboxylic acids is 2. The van der Waals surface area contributed by atoms with E-state index in [0.29, 0.717) is 18.8 Å². The second-order valence-electron chi connectivity index (χ2n) is 5.80. The molecule has 1 rings (SSSR count). The highest BCUT2D eigenvalue weighted by molar-refractivity contribution is 5.93. The minimum Gasteiger partial charge on any atom is -0.368 e. The fourth-order valence-electron chi connectivity index (χ4n) is 2.27. The van der Waals surface area contributed by atoms with Gasteiger partial charge in [0, 0.05) is 0 Å². The van der Waals surface area contributed by atoms with E-state index in [-0.39, 0.29) is 5.91 Å². The molecule has 5 nitrogen and oxygen atoms in total. The van der Waals surface area contributed by atoms with Crippen LogP contribution in [0.2, 0.25) is 0 Å². The molecule has 2 amide bonds. The second-order valence-corrected chi connectivity index (χ2v) is 5.80. The fraction of sp³-hybridized carbons (Fsp3) is 0.833. The standard InChI is InChI=1S/C12H23N3O2/c1-8-5-4-6-12(14,7-8)10(17)15-11(2,3)9(13)16/h8H,4-7,14H2,1-3H3,(H2,13,16)(H,15,17). The van der Waals surface area contributed by atoms with Crippen LogP contribution < -0.4 is 16.8 Å². The van der Waals surface area contributed by atoms with Crippen molar-refractivity contribution in [2.24, 2.45) is 17.4 Å². The van der Waals surface area contributed by atoms with Crippen molar-refractivity contribution in [2.75, 3.05) is 0 Å². The Labute approximate surface area is 102 Å². The molecular weight excluding hydrogens is 218 g/mol. The predicted octanol–water partition coefficient (Wildman–Crippen LogP) is 0.274. The Morgan fingerprint density at radius 3 is 2.47 bits per heavy atom. The summed E-state index contributed by atoms with van der Waals surface area (Å²) in [7, 11) is 0. The maximum atomic E-state index is 12.1. The summed E-state index contributed by atoms with van der Waals surface area (Å²) in [5, 5.41) is 2.65. The lowest BCUT2D eigenvalue weighted by molar-refractivity contribution is -0.134. The third-order valence-corrected chi connectivity index (χ3v) is 3.53. The molecule has 0 aromatic rings. The maximum Gasteiger partial charge on any atom is 0.242 e. The van der Waals surface area contributed by atoms with E-state index in [0.717, 1.165) is 12.8 Å². The van der Waals surface area contributed by atoms with Crippen LogP contribution in [0, 0.1) is 5.92 Å². The zero-order valence-electron chi connectivity index (χ0n) is 10.9. The van der Waals surface area contributed by atoms with Crippen LogP contribution in [0.1, 0.15) is 46.5 Å². The van der Waals surface area contributed by atoms with Crippen LogP contribution in [0.25, 0.3) is 0 Å². The van der Waals surface area contributed by atoms with Gasteiger partial charge in [0.1, 0.15) is 5.54 Å². The molecule has 2 unspecified atom stereocenters. The molecule has 98 valence electrons. The number of hydrogen-bond donors (Lipinski definition) is 3. The van der Waals surface area contributed by atoms with Gasteiger partial charge in [-0.15, -0.1) is 0 Å². The van der Waals surface area contributed by atoms with Gasteiger partial charge in [-0.1, -0.05) is 19.8 Å². The molecule has 2 atom stereocenters. The van der Waals surface area contributed by atoms with Crippen LogP contribution in [-0.2, 0) is 9.59 Å². The summed E-state index contributed by atoms with van der Waals surface area (Å²) in [6, 6.07) is 0. The van der Waals surface area contributed by atoms with Gasteiger partial charge in [-0.2, -0.15) is 0 Å². The first kappa shape index (κ1) is 14.0. The minimum absolute atomic E-state index is 0.271. The molecule has 5 heteroatoms. The lowest BCUT2D eigenvalue weighted by Crippen LogP contribution is -2.63. The third kappa shape index (κ3) is 3.19.